The molecule has 0 aromatic heterocycles. The van der Waals surface area contributed by atoms with Gasteiger partial charge in [0.15, 0.2) is 0 Å². The second-order valence-electron chi connectivity index (χ2n) is 7.77. The average molecular weight is 377 g/mol. The van der Waals surface area contributed by atoms with Gasteiger partial charge in [-0.3, -0.25) is 0 Å². The van der Waals surface area contributed by atoms with Crippen LogP contribution < -0.4 is 10.1 Å². The lowest BCUT2D eigenvalue weighted by atomic mass is 9.86. The van der Waals surface area contributed by atoms with E-state index in [0.717, 1.165) is 43.8 Å². The molecule has 0 spiro atoms. The molecule has 0 saturated carbocycles. The van der Waals surface area contributed by atoms with Gasteiger partial charge in [-0.25, -0.2) is 4.79 Å². The molecule has 1 fully saturated rings. The zero-order chi connectivity index (χ0) is 20.0. The first-order chi connectivity index (χ1) is 12.8. The van der Waals surface area contributed by atoms with E-state index < -0.39 is 0 Å². The van der Waals surface area contributed by atoms with Gasteiger partial charge < -0.3 is 24.8 Å². The molecule has 0 aliphatic carbocycles. The van der Waals surface area contributed by atoms with Crippen LogP contribution in [0.4, 0.5) is 4.79 Å². The zero-order valence-electron chi connectivity index (χ0n) is 17.8. The Morgan fingerprint density at radius 1 is 1.22 bits per heavy atom. The topological polar surface area (TPSA) is 48.1 Å². The summed E-state index contributed by atoms with van der Waals surface area (Å²) in [5, 5.41) is 3.18. The van der Waals surface area contributed by atoms with E-state index in [-0.39, 0.29) is 17.6 Å². The van der Waals surface area contributed by atoms with Gasteiger partial charge in [0.1, 0.15) is 5.75 Å². The first kappa shape index (κ1) is 21.5. The van der Waals surface area contributed by atoms with Crippen LogP contribution in [-0.4, -0.2) is 80.7 Å². The fourth-order valence-corrected chi connectivity index (χ4v) is 3.71. The molecule has 1 atom stereocenters. The maximum Gasteiger partial charge on any atom is 0.317 e. The SMILES string of the molecule is CCN1CCC(CNC(=O)N(C)[C@H](C)c2ccc(OC)cc2)(N(C)C)CC1. The summed E-state index contributed by atoms with van der Waals surface area (Å²) >= 11 is 0. The second-order valence-corrected chi connectivity index (χ2v) is 7.77. The first-order valence-electron chi connectivity index (χ1n) is 9.87. The Labute approximate surface area is 164 Å². The maximum absolute atomic E-state index is 12.8. The standard InChI is InChI=1S/C21H36N4O2/c1-7-25-14-12-21(13-15-25,23(3)4)16-22-20(26)24(5)17(2)18-8-10-19(27-6)11-9-18/h8-11,17H,7,12-16H2,1-6H3,(H,22,26)/t17-/m1/s1. The van der Waals surface area contributed by atoms with Gasteiger partial charge in [0.2, 0.25) is 0 Å². The van der Waals surface area contributed by atoms with Crippen molar-refractivity contribution in [2.75, 3.05) is 54.4 Å². The van der Waals surface area contributed by atoms with Crippen LogP contribution in [0.25, 0.3) is 0 Å². The third kappa shape index (κ3) is 5.14. The number of piperidine rings is 1. The molecule has 2 amide bonds. The number of ether oxygens (including phenoxy) is 1. The van der Waals surface area contributed by atoms with Gasteiger partial charge in [0.05, 0.1) is 13.2 Å². The van der Waals surface area contributed by atoms with E-state index in [1.165, 1.54) is 0 Å². The molecule has 1 aromatic carbocycles. The Kier molecular flexibility index (Phi) is 7.50. The molecule has 0 bridgehead atoms. The molecule has 2 rings (SSSR count). The molecule has 1 heterocycles. The summed E-state index contributed by atoms with van der Waals surface area (Å²) < 4.78 is 5.21. The van der Waals surface area contributed by atoms with E-state index in [0.29, 0.717) is 6.54 Å². The lowest BCUT2D eigenvalue weighted by Gasteiger charge is -2.46. The maximum atomic E-state index is 12.8. The smallest absolute Gasteiger partial charge is 0.317 e. The molecular weight excluding hydrogens is 340 g/mol. The van der Waals surface area contributed by atoms with Crippen molar-refractivity contribution in [2.24, 2.45) is 0 Å². The molecule has 1 aromatic rings. The predicted molar refractivity (Wildman–Crippen MR) is 110 cm³/mol. The summed E-state index contributed by atoms with van der Waals surface area (Å²) in [6.45, 7) is 8.20. The summed E-state index contributed by atoms with van der Waals surface area (Å²) in [4.78, 5) is 19.3. The van der Waals surface area contributed by atoms with Crippen LogP contribution in [0, 0.1) is 0 Å². The van der Waals surface area contributed by atoms with E-state index >= 15 is 0 Å². The highest BCUT2D eigenvalue weighted by molar-refractivity contribution is 5.74. The van der Waals surface area contributed by atoms with Crippen LogP contribution in [0.15, 0.2) is 24.3 Å². The molecule has 0 radical (unpaired) electrons. The van der Waals surface area contributed by atoms with Gasteiger partial charge in [-0.1, -0.05) is 19.1 Å². The molecule has 1 aliphatic heterocycles. The van der Waals surface area contributed by atoms with Crippen molar-refractivity contribution < 1.29 is 9.53 Å². The first-order valence-corrected chi connectivity index (χ1v) is 9.87. The molecule has 6 nitrogen and oxygen atoms in total. The number of methoxy groups -OCH3 is 1. The Morgan fingerprint density at radius 2 is 1.81 bits per heavy atom. The number of hydrogen-bond donors (Lipinski definition) is 1. The Hall–Kier alpha value is -1.79. The van der Waals surface area contributed by atoms with E-state index in [9.17, 15) is 4.79 Å². The summed E-state index contributed by atoms with van der Waals surface area (Å²) in [5.74, 6) is 0.824. The number of carbonyl (C=O) groups excluding carboxylic acids is 1. The van der Waals surface area contributed by atoms with Crippen LogP contribution in [0.2, 0.25) is 0 Å². The number of amides is 2. The number of hydrogen-bond acceptors (Lipinski definition) is 4. The monoisotopic (exact) mass is 376 g/mol. The predicted octanol–water partition coefficient (Wildman–Crippen LogP) is 2.81. The van der Waals surface area contributed by atoms with Crippen molar-refractivity contribution in [3.05, 3.63) is 29.8 Å². The largest absolute Gasteiger partial charge is 0.497 e. The van der Waals surface area contributed by atoms with Crippen LogP contribution in [0.3, 0.4) is 0 Å². The fraction of sp³-hybridized carbons (Fsp3) is 0.667. The fourth-order valence-electron chi connectivity index (χ4n) is 3.71. The number of rotatable bonds is 7. The molecule has 6 heteroatoms. The minimum absolute atomic E-state index is 0.00634. The lowest BCUT2D eigenvalue weighted by molar-refractivity contribution is 0.0585. The normalized spacial score (nSPS) is 18.2. The number of urea groups is 1. The van der Waals surface area contributed by atoms with Crippen molar-refractivity contribution in [2.45, 2.75) is 38.3 Å². The number of carbonyl (C=O) groups is 1. The molecular formula is C21H36N4O2. The molecule has 1 saturated heterocycles. The zero-order valence-corrected chi connectivity index (χ0v) is 17.8. The van der Waals surface area contributed by atoms with Gasteiger partial charge in [0, 0.05) is 19.1 Å². The van der Waals surface area contributed by atoms with Crippen molar-refractivity contribution >= 4 is 6.03 Å². The van der Waals surface area contributed by atoms with Gasteiger partial charge >= 0.3 is 6.03 Å². The van der Waals surface area contributed by atoms with Crippen molar-refractivity contribution in [1.29, 1.82) is 0 Å². The highest BCUT2D eigenvalue weighted by atomic mass is 16.5. The second kappa shape index (κ2) is 9.42. The van der Waals surface area contributed by atoms with Gasteiger partial charge in [-0.15, -0.1) is 0 Å². The van der Waals surface area contributed by atoms with Gasteiger partial charge in [-0.2, -0.15) is 0 Å². The summed E-state index contributed by atoms with van der Waals surface area (Å²) in [7, 11) is 7.75. The third-order valence-electron chi connectivity index (χ3n) is 6.25. The summed E-state index contributed by atoms with van der Waals surface area (Å²) in [6.07, 6.45) is 2.15. The number of nitrogens with zero attached hydrogens (tertiary/aromatic N) is 3. The van der Waals surface area contributed by atoms with Crippen LogP contribution in [0.1, 0.15) is 38.3 Å². The van der Waals surface area contributed by atoms with E-state index in [2.05, 4.69) is 36.1 Å². The lowest BCUT2D eigenvalue weighted by Crippen LogP contribution is -2.59. The minimum Gasteiger partial charge on any atom is -0.497 e. The third-order valence-corrected chi connectivity index (χ3v) is 6.25. The van der Waals surface area contributed by atoms with Crippen LogP contribution in [-0.2, 0) is 0 Å². The Morgan fingerprint density at radius 3 is 2.30 bits per heavy atom. The van der Waals surface area contributed by atoms with Gasteiger partial charge in [-0.05, 0) is 71.2 Å². The Balaban J connectivity index is 1.96. The average Bonchev–Trinajstić information content (AvgIpc) is 2.71. The minimum atomic E-state index is -0.0301. The van der Waals surface area contributed by atoms with Crippen molar-refractivity contribution in [3.8, 4) is 5.75 Å². The van der Waals surface area contributed by atoms with Crippen LogP contribution >= 0.6 is 0 Å². The highest BCUT2D eigenvalue weighted by Crippen LogP contribution is 2.27. The summed E-state index contributed by atoms with van der Waals surface area (Å²) in [5.41, 5.74) is 1.12. The number of likely N-dealkylation sites (tertiary alicyclic amines) is 1. The van der Waals surface area contributed by atoms with E-state index in [1.807, 2.05) is 38.2 Å². The van der Waals surface area contributed by atoms with Crippen LogP contribution in [0.5, 0.6) is 5.75 Å². The molecule has 27 heavy (non-hydrogen) atoms. The summed E-state index contributed by atoms with van der Waals surface area (Å²) in [6, 6.07) is 7.84. The van der Waals surface area contributed by atoms with Crippen molar-refractivity contribution in [3.63, 3.8) is 0 Å². The molecule has 1 aliphatic rings. The Bertz CT molecular complexity index is 595. The molecule has 152 valence electrons. The molecule has 0 unspecified atom stereocenters. The van der Waals surface area contributed by atoms with Crippen molar-refractivity contribution in [1.82, 2.24) is 20.0 Å². The van der Waals surface area contributed by atoms with Gasteiger partial charge in [0.25, 0.3) is 0 Å². The highest BCUT2D eigenvalue weighted by Gasteiger charge is 2.36. The van der Waals surface area contributed by atoms with E-state index in [4.69, 9.17) is 4.74 Å². The number of nitrogens with one attached hydrogen (secondary N) is 1. The quantitative estimate of drug-likeness (QED) is 0.795. The van der Waals surface area contributed by atoms with E-state index in [1.54, 1.807) is 12.0 Å². The number of likely N-dealkylation sites (N-methyl/N-ethyl adjacent to an activating group) is 1. The molecule has 1 N–H and O–H groups in total. The number of benzene rings is 1.